The highest BCUT2D eigenvalue weighted by atomic mass is 32.1. The van der Waals surface area contributed by atoms with E-state index in [1.54, 1.807) is 4.90 Å². The summed E-state index contributed by atoms with van der Waals surface area (Å²) in [6.45, 7) is 0. The molecule has 1 amide bonds. The van der Waals surface area contributed by atoms with Crippen molar-refractivity contribution in [1.29, 1.82) is 0 Å². The summed E-state index contributed by atoms with van der Waals surface area (Å²) in [6.07, 6.45) is 6.74. The van der Waals surface area contributed by atoms with Crippen LogP contribution in [0, 0.1) is 10.1 Å². The molecule has 126 valence electrons. The fraction of sp³-hybridized carbons (Fsp3) is 0.375. The van der Waals surface area contributed by atoms with Crippen LogP contribution in [-0.2, 0) is 4.79 Å². The molecule has 2 fully saturated rings. The minimum atomic E-state index is -0.666. The molecule has 2 N–H and O–H groups in total. The molecule has 0 unspecified atom stereocenters. The lowest BCUT2D eigenvalue weighted by molar-refractivity contribution is -0.385. The molecule has 1 heterocycles. The van der Waals surface area contributed by atoms with Crippen LogP contribution in [0.3, 0.4) is 0 Å². The summed E-state index contributed by atoms with van der Waals surface area (Å²) < 4.78 is 0. The van der Waals surface area contributed by atoms with E-state index >= 15 is 0 Å². The summed E-state index contributed by atoms with van der Waals surface area (Å²) in [6, 6.07) is 4.09. The summed E-state index contributed by atoms with van der Waals surface area (Å²) in [5, 5.41) is 23.7. The Morgan fingerprint density at radius 2 is 2.04 bits per heavy atom. The van der Waals surface area contributed by atoms with Gasteiger partial charge in [-0.25, -0.2) is 0 Å². The highest BCUT2D eigenvalue weighted by Gasteiger charge is 2.36. The predicted octanol–water partition coefficient (Wildman–Crippen LogP) is 2.69. The van der Waals surface area contributed by atoms with Crippen LogP contribution in [0.15, 0.2) is 23.9 Å². The number of thiocarbonyl (C=S) groups is 1. The smallest absolute Gasteiger partial charge is 0.311 e. The normalized spacial score (nSPS) is 20.5. The van der Waals surface area contributed by atoms with E-state index in [1.807, 2.05) is 0 Å². The highest BCUT2D eigenvalue weighted by Crippen LogP contribution is 2.29. The van der Waals surface area contributed by atoms with E-state index in [9.17, 15) is 20.0 Å². The number of hydrogen-bond donors (Lipinski definition) is 2. The molecule has 1 saturated carbocycles. The predicted molar refractivity (Wildman–Crippen MR) is 92.2 cm³/mol. The van der Waals surface area contributed by atoms with E-state index in [4.69, 9.17) is 12.2 Å². The van der Waals surface area contributed by atoms with Gasteiger partial charge in [-0.3, -0.25) is 19.8 Å². The number of carbonyl (C=O) groups excluding carboxylic acids is 1. The molecule has 1 aliphatic carbocycles. The fourth-order valence-corrected chi connectivity index (χ4v) is 3.50. The van der Waals surface area contributed by atoms with Gasteiger partial charge in [0.25, 0.3) is 5.91 Å². The Bertz CT molecular complexity index is 741. The molecule has 0 radical (unpaired) electrons. The minimum Gasteiger partial charge on any atom is -0.502 e. The Labute approximate surface area is 144 Å². The van der Waals surface area contributed by atoms with E-state index in [2.05, 4.69) is 5.32 Å². The topological polar surface area (TPSA) is 95.7 Å². The van der Waals surface area contributed by atoms with Crippen LogP contribution in [-0.4, -0.2) is 32.0 Å². The van der Waals surface area contributed by atoms with Gasteiger partial charge in [-0.2, -0.15) is 0 Å². The maximum absolute atomic E-state index is 12.6. The van der Waals surface area contributed by atoms with Gasteiger partial charge >= 0.3 is 5.69 Å². The lowest BCUT2D eigenvalue weighted by Crippen LogP contribution is -2.41. The van der Waals surface area contributed by atoms with Crippen molar-refractivity contribution in [2.24, 2.45) is 0 Å². The van der Waals surface area contributed by atoms with E-state index in [-0.39, 0.29) is 11.9 Å². The number of amides is 1. The Hall–Kier alpha value is -2.48. The molecule has 7 nitrogen and oxygen atoms in total. The standard InChI is InChI=1S/C16H17N3O4S/c20-14-7-6-10(9-13(14)19(22)23)8-12-15(21)18(16(24)17-12)11-4-2-1-3-5-11/h6-9,11,20H,1-5H2,(H,17,24)/b12-8-. The van der Waals surface area contributed by atoms with Gasteiger partial charge in [0, 0.05) is 12.1 Å². The second-order valence-electron chi connectivity index (χ2n) is 5.96. The molecular formula is C16H17N3O4S. The average molecular weight is 347 g/mol. The Morgan fingerprint density at radius 1 is 1.33 bits per heavy atom. The second-order valence-corrected chi connectivity index (χ2v) is 6.35. The first-order valence-corrected chi connectivity index (χ1v) is 8.22. The summed E-state index contributed by atoms with van der Waals surface area (Å²) in [7, 11) is 0. The fourth-order valence-electron chi connectivity index (χ4n) is 3.16. The lowest BCUT2D eigenvalue weighted by Gasteiger charge is -2.29. The SMILES string of the molecule is O=C1/C(=C/c2ccc(O)c([N+](=O)[O-])c2)NC(=S)N1C1CCCCC1. The third-order valence-corrected chi connectivity index (χ3v) is 4.66. The van der Waals surface area contributed by atoms with Gasteiger partial charge in [-0.05, 0) is 42.8 Å². The van der Waals surface area contributed by atoms with Crippen molar-refractivity contribution in [3.63, 3.8) is 0 Å². The Balaban J connectivity index is 1.86. The summed E-state index contributed by atoms with van der Waals surface area (Å²) in [5.74, 6) is -0.616. The number of nitro groups is 1. The van der Waals surface area contributed by atoms with Crippen molar-refractivity contribution >= 4 is 35.0 Å². The lowest BCUT2D eigenvalue weighted by atomic mass is 9.94. The van der Waals surface area contributed by atoms with Crippen LogP contribution in [0.5, 0.6) is 5.75 Å². The van der Waals surface area contributed by atoms with E-state index < -0.39 is 16.4 Å². The summed E-state index contributed by atoms with van der Waals surface area (Å²) >= 11 is 5.28. The van der Waals surface area contributed by atoms with Gasteiger partial charge in [0.1, 0.15) is 5.70 Å². The molecule has 0 aromatic heterocycles. The number of nitrogens with zero attached hydrogens (tertiary/aromatic N) is 2. The van der Waals surface area contributed by atoms with Crippen LogP contribution < -0.4 is 5.32 Å². The van der Waals surface area contributed by atoms with Gasteiger partial charge in [0.05, 0.1) is 4.92 Å². The number of nitrogens with one attached hydrogen (secondary N) is 1. The zero-order chi connectivity index (χ0) is 17.3. The number of hydrogen-bond acceptors (Lipinski definition) is 5. The van der Waals surface area contributed by atoms with Crippen LogP contribution in [0.4, 0.5) is 5.69 Å². The molecule has 2 aliphatic rings. The van der Waals surface area contributed by atoms with Crippen molar-refractivity contribution in [3.05, 3.63) is 39.6 Å². The Kier molecular flexibility index (Phi) is 4.48. The van der Waals surface area contributed by atoms with Crippen LogP contribution >= 0.6 is 12.2 Å². The maximum atomic E-state index is 12.6. The zero-order valence-electron chi connectivity index (χ0n) is 12.9. The van der Waals surface area contributed by atoms with E-state index in [0.717, 1.165) is 25.7 Å². The molecule has 1 aliphatic heterocycles. The molecule has 0 bridgehead atoms. The average Bonchev–Trinajstić information content (AvgIpc) is 2.83. The van der Waals surface area contributed by atoms with E-state index in [1.165, 1.54) is 30.7 Å². The largest absolute Gasteiger partial charge is 0.502 e. The van der Waals surface area contributed by atoms with Gasteiger partial charge in [-0.15, -0.1) is 0 Å². The van der Waals surface area contributed by atoms with Crippen molar-refractivity contribution in [2.45, 2.75) is 38.1 Å². The van der Waals surface area contributed by atoms with Gasteiger partial charge in [0.15, 0.2) is 10.9 Å². The molecule has 8 heteroatoms. The van der Waals surface area contributed by atoms with Gasteiger partial charge < -0.3 is 10.4 Å². The van der Waals surface area contributed by atoms with Crippen LogP contribution in [0.2, 0.25) is 0 Å². The monoisotopic (exact) mass is 347 g/mol. The number of phenolic OH excluding ortho intramolecular Hbond substituents is 1. The third-order valence-electron chi connectivity index (χ3n) is 4.36. The second kappa shape index (κ2) is 6.56. The summed E-state index contributed by atoms with van der Waals surface area (Å²) in [5.41, 5.74) is 0.343. The number of nitro benzene ring substituents is 1. The highest BCUT2D eigenvalue weighted by molar-refractivity contribution is 7.80. The van der Waals surface area contributed by atoms with Crippen LogP contribution in [0.25, 0.3) is 6.08 Å². The molecule has 1 saturated heterocycles. The third kappa shape index (κ3) is 3.09. The molecule has 3 rings (SSSR count). The molecule has 0 spiro atoms. The quantitative estimate of drug-likeness (QED) is 0.378. The van der Waals surface area contributed by atoms with Gasteiger partial charge in [-0.1, -0.05) is 25.3 Å². The maximum Gasteiger partial charge on any atom is 0.311 e. The summed E-state index contributed by atoms with van der Waals surface area (Å²) in [4.78, 5) is 24.5. The minimum absolute atomic E-state index is 0.117. The van der Waals surface area contributed by atoms with Crippen molar-refractivity contribution in [1.82, 2.24) is 10.2 Å². The number of phenols is 1. The first-order chi connectivity index (χ1) is 11.5. The van der Waals surface area contributed by atoms with E-state index in [0.29, 0.717) is 16.4 Å². The molecule has 1 aromatic rings. The number of carbonyl (C=O) groups is 1. The molecule has 24 heavy (non-hydrogen) atoms. The van der Waals surface area contributed by atoms with Gasteiger partial charge in [0.2, 0.25) is 0 Å². The Morgan fingerprint density at radius 3 is 2.71 bits per heavy atom. The first-order valence-electron chi connectivity index (χ1n) is 7.81. The number of aromatic hydroxyl groups is 1. The molecular weight excluding hydrogens is 330 g/mol. The van der Waals surface area contributed by atoms with Crippen molar-refractivity contribution < 1.29 is 14.8 Å². The number of benzene rings is 1. The molecule has 0 atom stereocenters. The van der Waals surface area contributed by atoms with Crippen molar-refractivity contribution in [2.75, 3.05) is 0 Å². The molecule has 1 aromatic carbocycles. The zero-order valence-corrected chi connectivity index (χ0v) is 13.7. The van der Waals surface area contributed by atoms with Crippen LogP contribution in [0.1, 0.15) is 37.7 Å². The number of rotatable bonds is 3. The van der Waals surface area contributed by atoms with Crippen molar-refractivity contribution in [3.8, 4) is 5.75 Å². The first kappa shape index (κ1) is 16.4.